The van der Waals surface area contributed by atoms with Gasteiger partial charge in [0.1, 0.15) is 6.61 Å². The third-order valence-electron chi connectivity index (χ3n) is 4.35. The Kier molecular flexibility index (Phi) is 11.3. The van der Waals surface area contributed by atoms with E-state index in [1.165, 1.54) is 56.9 Å². The first-order valence-corrected chi connectivity index (χ1v) is 9.06. The Labute approximate surface area is 147 Å². The Hall–Kier alpha value is -0.640. The predicted molar refractivity (Wildman–Crippen MR) is 89.1 cm³/mol. The molecule has 132 valence electrons. The molecule has 1 aromatic rings. The van der Waals surface area contributed by atoms with Gasteiger partial charge in [-0.1, -0.05) is 26.2 Å². The largest absolute Gasteiger partial charge is 1.00 e. The Morgan fingerprint density at radius 1 is 0.913 bits per heavy atom. The quantitative estimate of drug-likeness (QED) is 0.431. The summed E-state index contributed by atoms with van der Waals surface area (Å²) in [4.78, 5) is 0. The van der Waals surface area contributed by atoms with E-state index >= 15 is 0 Å². The summed E-state index contributed by atoms with van der Waals surface area (Å²) in [5.74, 6) is 0. The van der Waals surface area contributed by atoms with Gasteiger partial charge in [-0.25, -0.2) is 4.57 Å². The molecule has 0 saturated heterocycles. The van der Waals surface area contributed by atoms with Crippen molar-refractivity contribution in [3.05, 3.63) is 29.6 Å². The van der Waals surface area contributed by atoms with Crippen molar-refractivity contribution in [2.75, 3.05) is 26.4 Å². The molecule has 1 aromatic heterocycles. The van der Waals surface area contributed by atoms with Crippen LogP contribution < -0.4 is 17.0 Å². The van der Waals surface area contributed by atoms with Gasteiger partial charge in [0.05, 0.1) is 13.2 Å². The third-order valence-corrected chi connectivity index (χ3v) is 4.35. The average molecular weight is 342 g/mol. The number of unbranched alkanes of at least 4 members (excludes halogenated alkanes) is 3. The summed E-state index contributed by atoms with van der Waals surface area (Å²) in [5, 5.41) is 0. The molecule has 0 unspecified atom stereocenters. The lowest BCUT2D eigenvalue weighted by atomic mass is 9.93. The van der Waals surface area contributed by atoms with Crippen molar-refractivity contribution in [2.45, 2.75) is 64.8 Å². The molecule has 0 saturated carbocycles. The number of halogens is 1. The van der Waals surface area contributed by atoms with E-state index in [1.807, 2.05) is 0 Å². The molecule has 1 aliphatic rings. The first kappa shape index (κ1) is 20.4. The van der Waals surface area contributed by atoms with Crippen LogP contribution in [0.15, 0.2) is 18.5 Å². The Morgan fingerprint density at radius 3 is 2.43 bits per heavy atom. The van der Waals surface area contributed by atoms with Crippen molar-refractivity contribution >= 4 is 0 Å². The molecule has 0 fully saturated rings. The fraction of sp³-hybridized carbons (Fsp3) is 0.737. The molecule has 3 nitrogen and oxygen atoms in total. The number of pyridine rings is 1. The highest BCUT2D eigenvalue weighted by Gasteiger charge is 2.13. The lowest BCUT2D eigenvalue weighted by Gasteiger charge is -2.13. The molecule has 0 N–H and O–H groups in total. The summed E-state index contributed by atoms with van der Waals surface area (Å²) in [6.45, 7) is 6.24. The zero-order valence-electron chi connectivity index (χ0n) is 14.6. The monoisotopic (exact) mass is 341 g/mol. The average Bonchev–Trinajstić information content (AvgIpc) is 2.56. The molecular formula is C19H32ClNO2. The standard InChI is InChI=1S/C19H32NO2.ClH/c1-2-3-4-7-13-21-15-16-22-14-12-20-11-10-18-8-5-6-9-19(18)17-20;/h10-11,17H,2-9,12-16H2,1H3;1H/q+1;/p-1. The van der Waals surface area contributed by atoms with Crippen molar-refractivity contribution in [2.24, 2.45) is 0 Å². The van der Waals surface area contributed by atoms with Gasteiger partial charge in [-0.2, -0.15) is 0 Å². The van der Waals surface area contributed by atoms with E-state index in [2.05, 4.69) is 30.0 Å². The molecule has 0 atom stereocenters. The van der Waals surface area contributed by atoms with Gasteiger partial charge in [0.15, 0.2) is 18.9 Å². The van der Waals surface area contributed by atoms with Crippen LogP contribution in [0.3, 0.4) is 0 Å². The molecular weight excluding hydrogens is 310 g/mol. The van der Waals surface area contributed by atoms with Crippen LogP contribution in [0.25, 0.3) is 0 Å². The first-order chi connectivity index (χ1) is 10.9. The minimum Gasteiger partial charge on any atom is -1.00 e. The van der Waals surface area contributed by atoms with Gasteiger partial charge in [-0.05, 0) is 37.7 Å². The molecule has 2 rings (SSSR count). The van der Waals surface area contributed by atoms with Crippen LogP contribution in [0.1, 0.15) is 56.6 Å². The number of hydrogen-bond acceptors (Lipinski definition) is 2. The molecule has 23 heavy (non-hydrogen) atoms. The highest BCUT2D eigenvalue weighted by molar-refractivity contribution is 5.23. The normalized spacial score (nSPS) is 13.4. The second-order valence-corrected chi connectivity index (χ2v) is 6.23. The van der Waals surface area contributed by atoms with Crippen LogP contribution in [0, 0.1) is 0 Å². The topological polar surface area (TPSA) is 22.3 Å². The number of aryl methyl sites for hydroxylation is 2. The predicted octanol–water partition coefficient (Wildman–Crippen LogP) is 0.470. The second kappa shape index (κ2) is 12.7. The molecule has 4 heteroatoms. The van der Waals surface area contributed by atoms with Gasteiger partial charge in [0, 0.05) is 18.2 Å². The van der Waals surface area contributed by atoms with Gasteiger partial charge in [0.2, 0.25) is 0 Å². The lowest BCUT2D eigenvalue weighted by molar-refractivity contribution is -0.699. The minimum atomic E-state index is 0. The van der Waals surface area contributed by atoms with Crippen LogP contribution >= 0.6 is 0 Å². The summed E-state index contributed by atoms with van der Waals surface area (Å²) < 4.78 is 13.5. The summed E-state index contributed by atoms with van der Waals surface area (Å²) in [6, 6.07) is 2.29. The van der Waals surface area contributed by atoms with E-state index in [4.69, 9.17) is 9.47 Å². The first-order valence-electron chi connectivity index (χ1n) is 9.06. The Balaban J connectivity index is 0.00000264. The van der Waals surface area contributed by atoms with Crippen LogP contribution in [-0.4, -0.2) is 26.4 Å². The van der Waals surface area contributed by atoms with Gasteiger partial charge in [-0.3, -0.25) is 0 Å². The van der Waals surface area contributed by atoms with Crippen molar-refractivity contribution in [3.8, 4) is 0 Å². The van der Waals surface area contributed by atoms with Gasteiger partial charge in [-0.15, -0.1) is 0 Å². The number of nitrogens with zero attached hydrogens (tertiary/aromatic N) is 1. The Bertz CT molecular complexity index is 426. The maximum atomic E-state index is 5.66. The van der Waals surface area contributed by atoms with E-state index in [-0.39, 0.29) is 12.4 Å². The highest BCUT2D eigenvalue weighted by Crippen LogP contribution is 2.18. The summed E-state index contributed by atoms with van der Waals surface area (Å²) in [6.07, 6.45) is 14.7. The van der Waals surface area contributed by atoms with Crippen LogP contribution in [-0.2, 0) is 28.9 Å². The van der Waals surface area contributed by atoms with Crippen molar-refractivity contribution < 1.29 is 26.4 Å². The van der Waals surface area contributed by atoms with Gasteiger partial charge < -0.3 is 21.9 Å². The second-order valence-electron chi connectivity index (χ2n) is 6.23. The zero-order valence-corrected chi connectivity index (χ0v) is 15.3. The SMILES string of the molecule is CCCCCCOCCOCC[n+]1ccc2c(c1)CCCC2.[Cl-]. The maximum absolute atomic E-state index is 5.66. The molecule has 1 heterocycles. The number of fused-ring (bicyclic) bond motifs is 1. The fourth-order valence-electron chi connectivity index (χ4n) is 2.98. The summed E-state index contributed by atoms with van der Waals surface area (Å²) in [5.41, 5.74) is 3.07. The van der Waals surface area contributed by atoms with Gasteiger partial charge >= 0.3 is 0 Å². The number of aromatic nitrogens is 1. The third kappa shape index (κ3) is 8.14. The molecule has 0 aromatic carbocycles. The van der Waals surface area contributed by atoms with Crippen molar-refractivity contribution in [1.29, 1.82) is 0 Å². The minimum absolute atomic E-state index is 0. The van der Waals surface area contributed by atoms with Gasteiger partial charge in [0.25, 0.3) is 0 Å². The fourth-order valence-corrected chi connectivity index (χ4v) is 2.98. The number of hydrogen-bond donors (Lipinski definition) is 0. The Morgan fingerprint density at radius 2 is 1.65 bits per heavy atom. The maximum Gasteiger partial charge on any atom is 0.172 e. The smallest absolute Gasteiger partial charge is 0.172 e. The highest BCUT2D eigenvalue weighted by atomic mass is 35.5. The number of ether oxygens (including phenoxy) is 2. The van der Waals surface area contributed by atoms with E-state index in [1.54, 1.807) is 5.56 Å². The van der Waals surface area contributed by atoms with Crippen LogP contribution in [0.5, 0.6) is 0 Å². The molecule has 0 spiro atoms. The van der Waals surface area contributed by atoms with Crippen LogP contribution in [0.2, 0.25) is 0 Å². The van der Waals surface area contributed by atoms with Crippen molar-refractivity contribution in [1.82, 2.24) is 0 Å². The van der Waals surface area contributed by atoms with E-state index in [0.717, 1.165) is 26.4 Å². The lowest BCUT2D eigenvalue weighted by Crippen LogP contribution is -3.00. The molecule has 0 radical (unpaired) electrons. The molecule has 0 bridgehead atoms. The van der Waals surface area contributed by atoms with E-state index in [9.17, 15) is 0 Å². The van der Waals surface area contributed by atoms with E-state index < -0.39 is 0 Å². The summed E-state index contributed by atoms with van der Waals surface area (Å²) >= 11 is 0. The van der Waals surface area contributed by atoms with Crippen molar-refractivity contribution in [3.63, 3.8) is 0 Å². The summed E-state index contributed by atoms with van der Waals surface area (Å²) in [7, 11) is 0. The zero-order chi connectivity index (χ0) is 15.5. The number of rotatable bonds is 11. The van der Waals surface area contributed by atoms with Crippen LogP contribution in [0.4, 0.5) is 0 Å². The van der Waals surface area contributed by atoms with E-state index in [0.29, 0.717) is 6.61 Å². The molecule has 1 aliphatic carbocycles. The molecule has 0 amide bonds. The molecule has 0 aliphatic heterocycles.